The maximum Gasteiger partial charge on any atom is 0.0633 e. The molecule has 4 aliphatic rings. The fourth-order valence-electron chi connectivity index (χ4n) is 7.62. The van der Waals surface area contributed by atoms with Crippen molar-refractivity contribution in [2.45, 2.75) is 65.4 Å². The predicted molar refractivity (Wildman–Crippen MR) is 110 cm³/mol. The van der Waals surface area contributed by atoms with Crippen molar-refractivity contribution in [2.75, 3.05) is 0 Å². The zero-order chi connectivity index (χ0) is 18.8. The lowest BCUT2D eigenvalue weighted by Crippen LogP contribution is -2.55. The normalized spacial score (nSPS) is 46.0. The smallest absolute Gasteiger partial charge is 0.0633 e. The van der Waals surface area contributed by atoms with E-state index < -0.39 is 0 Å². The second-order valence-corrected chi connectivity index (χ2v) is 10.1. The van der Waals surface area contributed by atoms with E-state index in [0.29, 0.717) is 23.7 Å². The summed E-state index contributed by atoms with van der Waals surface area (Å²) in [6, 6.07) is 4.29. The highest BCUT2D eigenvalue weighted by Gasteiger charge is 2.59. The van der Waals surface area contributed by atoms with Crippen molar-refractivity contribution in [3.8, 4) is 0 Å². The Labute approximate surface area is 163 Å². The average molecular weight is 364 g/mol. The number of pyridine rings is 1. The molecule has 0 saturated heterocycles. The van der Waals surface area contributed by atoms with Gasteiger partial charge in [-0.3, -0.25) is 4.98 Å². The van der Waals surface area contributed by atoms with Crippen LogP contribution in [0.3, 0.4) is 0 Å². The third kappa shape index (κ3) is 2.32. The number of hydrogen-bond acceptors (Lipinski definition) is 2. The number of aliphatic hydroxyl groups is 1. The molecule has 1 heterocycles. The van der Waals surface area contributed by atoms with Crippen molar-refractivity contribution >= 4 is 5.57 Å². The van der Waals surface area contributed by atoms with Gasteiger partial charge in [-0.15, -0.1) is 0 Å². The first-order chi connectivity index (χ1) is 13.0. The van der Waals surface area contributed by atoms with Crippen LogP contribution < -0.4 is 0 Å². The fraction of sp³-hybridized carbons (Fsp3) is 0.640. The molecule has 0 spiro atoms. The molecule has 1 aromatic rings. The monoisotopic (exact) mass is 363 g/mol. The molecule has 1 aromatic heterocycles. The van der Waals surface area contributed by atoms with Crippen LogP contribution in [0.15, 0.2) is 42.3 Å². The molecule has 4 aliphatic carbocycles. The Kier molecular flexibility index (Phi) is 3.95. The summed E-state index contributed by atoms with van der Waals surface area (Å²) < 4.78 is 0. The molecule has 0 aromatic carbocycles. The van der Waals surface area contributed by atoms with Gasteiger partial charge in [0, 0.05) is 17.8 Å². The molecule has 1 N–H and O–H groups in total. The Hall–Kier alpha value is -1.41. The topological polar surface area (TPSA) is 33.1 Å². The quantitative estimate of drug-likeness (QED) is 0.655. The van der Waals surface area contributed by atoms with E-state index in [9.17, 15) is 5.11 Å². The zero-order valence-electron chi connectivity index (χ0n) is 17.0. The van der Waals surface area contributed by atoms with Crippen LogP contribution >= 0.6 is 0 Å². The van der Waals surface area contributed by atoms with Crippen LogP contribution in [0.1, 0.15) is 64.9 Å². The maximum absolute atomic E-state index is 11.1. The minimum atomic E-state index is -0.158. The highest BCUT2D eigenvalue weighted by molar-refractivity contribution is 5.72. The third-order valence-electron chi connectivity index (χ3n) is 9.04. The summed E-state index contributed by atoms with van der Waals surface area (Å²) >= 11 is 0. The Morgan fingerprint density at radius 1 is 1.19 bits per heavy atom. The van der Waals surface area contributed by atoms with Gasteiger partial charge in [-0.1, -0.05) is 44.6 Å². The summed E-state index contributed by atoms with van der Waals surface area (Å²) in [5.41, 5.74) is 4.66. The number of rotatable bonds is 1. The maximum atomic E-state index is 11.1. The van der Waals surface area contributed by atoms with E-state index >= 15 is 0 Å². The van der Waals surface area contributed by atoms with E-state index in [1.54, 1.807) is 5.57 Å². The molecule has 5 rings (SSSR count). The first-order valence-corrected chi connectivity index (χ1v) is 11.0. The number of aliphatic hydroxyl groups excluding tert-OH is 1. The van der Waals surface area contributed by atoms with Gasteiger partial charge in [0.25, 0.3) is 0 Å². The second kappa shape index (κ2) is 6.04. The zero-order valence-corrected chi connectivity index (χ0v) is 17.0. The van der Waals surface area contributed by atoms with Gasteiger partial charge in [-0.25, -0.2) is 0 Å². The molecule has 0 aliphatic heterocycles. The van der Waals surface area contributed by atoms with Gasteiger partial charge >= 0.3 is 0 Å². The molecule has 2 saturated carbocycles. The van der Waals surface area contributed by atoms with Crippen LogP contribution in [0.4, 0.5) is 0 Å². The molecule has 2 nitrogen and oxygen atoms in total. The van der Waals surface area contributed by atoms with E-state index in [2.05, 4.69) is 50.0 Å². The van der Waals surface area contributed by atoms with Crippen molar-refractivity contribution in [1.82, 2.24) is 4.98 Å². The number of allylic oxidation sites excluding steroid dienone is 3. The molecular formula is C25H33NO. The van der Waals surface area contributed by atoms with E-state index in [-0.39, 0.29) is 16.9 Å². The molecule has 27 heavy (non-hydrogen) atoms. The molecular weight excluding hydrogens is 330 g/mol. The van der Waals surface area contributed by atoms with E-state index in [1.165, 1.54) is 36.8 Å². The van der Waals surface area contributed by atoms with Crippen LogP contribution in [0.5, 0.6) is 0 Å². The summed E-state index contributed by atoms with van der Waals surface area (Å²) in [7, 11) is 0. The van der Waals surface area contributed by atoms with Gasteiger partial charge in [-0.2, -0.15) is 0 Å². The van der Waals surface area contributed by atoms with Crippen LogP contribution in [0.25, 0.3) is 5.57 Å². The van der Waals surface area contributed by atoms with Gasteiger partial charge in [0.2, 0.25) is 0 Å². The first kappa shape index (κ1) is 17.7. The first-order valence-electron chi connectivity index (χ1n) is 11.0. The highest BCUT2D eigenvalue weighted by Crippen LogP contribution is 2.67. The highest BCUT2D eigenvalue weighted by atomic mass is 16.3. The predicted octanol–water partition coefficient (Wildman–Crippen LogP) is 5.64. The van der Waals surface area contributed by atoms with Crippen LogP contribution in [-0.2, 0) is 0 Å². The lowest BCUT2D eigenvalue weighted by Gasteiger charge is -2.60. The fourth-order valence-corrected chi connectivity index (χ4v) is 7.62. The third-order valence-corrected chi connectivity index (χ3v) is 9.04. The van der Waals surface area contributed by atoms with E-state index in [4.69, 9.17) is 0 Å². The van der Waals surface area contributed by atoms with Crippen molar-refractivity contribution < 1.29 is 5.11 Å². The summed E-state index contributed by atoms with van der Waals surface area (Å²) in [4.78, 5) is 4.39. The molecule has 1 unspecified atom stereocenters. The second-order valence-electron chi connectivity index (χ2n) is 10.1. The van der Waals surface area contributed by atoms with Gasteiger partial charge in [0.1, 0.15) is 0 Å². The minimum absolute atomic E-state index is 0.00775. The van der Waals surface area contributed by atoms with Crippen molar-refractivity contribution in [1.29, 1.82) is 0 Å². The van der Waals surface area contributed by atoms with Crippen molar-refractivity contribution in [2.24, 2.45) is 34.5 Å². The molecule has 0 bridgehead atoms. The molecule has 0 amide bonds. The Balaban J connectivity index is 1.54. The van der Waals surface area contributed by atoms with E-state index in [1.807, 2.05) is 12.4 Å². The molecule has 7 atom stereocenters. The van der Waals surface area contributed by atoms with Crippen LogP contribution in [0.2, 0.25) is 0 Å². The van der Waals surface area contributed by atoms with Gasteiger partial charge in [0.05, 0.1) is 6.10 Å². The lowest BCUT2D eigenvalue weighted by atomic mass is 9.45. The van der Waals surface area contributed by atoms with Crippen LogP contribution in [0, 0.1) is 34.5 Å². The van der Waals surface area contributed by atoms with E-state index in [0.717, 1.165) is 12.8 Å². The Bertz CT molecular complexity index is 796. The Morgan fingerprint density at radius 3 is 2.81 bits per heavy atom. The van der Waals surface area contributed by atoms with Crippen molar-refractivity contribution in [3.05, 3.63) is 47.8 Å². The standard InChI is InChI=1S/C25H33NO/c1-16-14-18-7-4-8-22(27)25(18,3)21-11-12-24(2)19(9-10-20(24)23(16)21)17-6-5-13-26-15-17/h5-6,9,13-16,20-23,27H,4,7-8,10-12H2,1-3H3/t16-,20+,21+,22?,23+,24-,25+/m1/s1. The number of hydrogen-bond donors (Lipinski definition) is 1. The Morgan fingerprint density at radius 2 is 2.04 bits per heavy atom. The molecule has 2 fully saturated rings. The SMILES string of the molecule is C[C@@H]1C=C2CCCC(O)[C@]2(C)[C@H]2CC[C@]3(C)C(c4cccnc4)=CC[C@H]3[C@H]12. The number of nitrogens with zero attached hydrogens (tertiary/aromatic N) is 1. The number of aromatic nitrogens is 1. The molecule has 2 heteroatoms. The van der Waals surface area contributed by atoms with Gasteiger partial charge in [0.15, 0.2) is 0 Å². The average Bonchev–Trinajstić information content (AvgIpc) is 3.02. The largest absolute Gasteiger partial charge is 0.392 e. The lowest BCUT2D eigenvalue weighted by molar-refractivity contribution is -0.0873. The summed E-state index contributed by atoms with van der Waals surface area (Å²) in [6.45, 7) is 7.34. The summed E-state index contributed by atoms with van der Waals surface area (Å²) in [6.07, 6.45) is 15.8. The summed E-state index contributed by atoms with van der Waals surface area (Å²) in [5.74, 6) is 2.61. The minimum Gasteiger partial charge on any atom is -0.392 e. The van der Waals surface area contributed by atoms with Crippen LogP contribution in [-0.4, -0.2) is 16.2 Å². The molecule has 0 radical (unpaired) electrons. The molecule has 144 valence electrons. The van der Waals surface area contributed by atoms with Gasteiger partial charge < -0.3 is 5.11 Å². The number of fused-ring (bicyclic) bond motifs is 5. The van der Waals surface area contributed by atoms with Gasteiger partial charge in [-0.05, 0) is 84.8 Å². The van der Waals surface area contributed by atoms with Crippen molar-refractivity contribution in [3.63, 3.8) is 0 Å². The summed E-state index contributed by atoms with van der Waals surface area (Å²) in [5, 5.41) is 11.1.